The van der Waals surface area contributed by atoms with Crippen molar-refractivity contribution in [3.05, 3.63) is 58.7 Å². The Kier molecular flexibility index (Phi) is 3.36. The van der Waals surface area contributed by atoms with Crippen molar-refractivity contribution in [3.63, 3.8) is 0 Å². The molecule has 2 aliphatic rings. The number of hydrogen-bond acceptors (Lipinski definition) is 2. The number of anilines is 1. The Hall–Kier alpha value is -2.09. The third kappa shape index (κ3) is 2.06. The number of carbonyl (C=O) groups is 1. The maximum Gasteiger partial charge on any atom is 0.161 e. The van der Waals surface area contributed by atoms with Crippen LogP contribution in [-0.4, -0.2) is 19.9 Å². The first-order valence-corrected chi connectivity index (χ1v) is 7.79. The second-order valence-electron chi connectivity index (χ2n) is 6.85. The van der Waals surface area contributed by atoms with E-state index >= 15 is 0 Å². The Bertz CT molecular complexity index is 745. The zero-order valence-electron chi connectivity index (χ0n) is 14.0. The Balaban J connectivity index is 2.36. The molecule has 0 unspecified atom stereocenters. The van der Waals surface area contributed by atoms with Crippen LogP contribution in [0.4, 0.5) is 5.69 Å². The highest BCUT2D eigenvalue weighted by Crippen LogP contribution is 2.48. The average molecular weight is 293 g/mol. The predicted octanol–water partition coefficient (Wildman–Crippen LogP) is 4.27. The molecular formula is C20H23NO. The molecule has 0 spiro atoms. The second-order valence-corrected chi connectivity index (χ2v) is 6.85. The molecule has 2 aliphatic carbocycles. The fraction of sp³-hybridized carbons (Fsp3) is 0.350. The number of nitrogens with zero attached hydrogens (tertiary/aromatic N) is 1. The van der Waals surface area contributed by atoms with Gasteiger partial charge in [0, 0.05) is 30.8 Å². The van der Waals surface area contributed by atoms with Gasteiger partial charge in [0.15, 0.2) is 5.78 Å². The van der Waals surface area contributed by atoms with E-state index in [1.54, 1.807) is 6.92 Å². The highest BCUT2D eigenvalue weighted by atomic mass is 16.1. The first kappa shape index (κ1) is 14.8. The fourth-order valence-corrected chi connectivity index (χ4v) is 3.60. The highest BCUT2D eigenvalue weighted by molar-refractivity contribution is 6.23. The minimum atomic E-state index is -0.0829. The van der Waals surface area contributed by atoms with E-state index in [-0.39, 0.29) is 11.2 Å². The van der Waals surface area contributed by atoms with Crippen LogP contribution in [0, 0.1) is 0 Å². The van der Waals surface area contributed by atoms with Crippen molar-refractivity contribution in [1.82, 2.24) is 0 Å². The number of fused-ring (bicyclic) bond motifs is 2. The maximum atomic E-state index is 12.3. The summed E-state index contributed by atoms with van der Waals surface area (Å²) < 4.78 is 0. The van der Waals surface area contributed by atoms with Crippen molar-refractivity contribution < 1.29 is 4.79 Å². The molecule has 114 valence electrons. The molecular weight excluding hydrogens is 270 g/mol. The van der Waals surface area contributed by atoms with Gasteiger partial charge in [0.1, 0.15) is 0 Å². The fourth-order valence-electron chi connectivity index (χ4n) is 3.60. The number of Topliss-reactive ketones (excluding diaryl/α,β-unsaturated/α-hetero) is 1. The van der Waals surface area contributed by atoms with Gasteiger partial charge in [-0.15, -0.1) is 0 Å². The van der Waals surface area contributed by atoms with Crippen molar-refractivity contribution >= 4 is 17.0 Å². The Morgan fingerprint density at radius 1 is 1.23 bits per heavy atom. The zero-order valence-corrected chi connectivity index (χ0v) is 14.0. The molecule has 0 radical (unpaired) electrons. The molecule has 3 rings (SSSR count). The summed E-state index contributed by atoms with van der Waals surface area (Å²) in [6, 6.07) is 6.43. The van der Waals surface area contributed by atoms with Gasteiger partial charge in [-0.25, -0.2) is 0 Å². The van der Waals surface area contributed by atoms with Crippen LogP contribution >= 0.6 is 0 Å². The molecule has 0 aliphatic heterocycles. The van der Waals surface area contributed by atoms with Crippen molar-refractivity contribution in [1.29, 1.82) is 0 Å². The van der Waals surface area contributed by atoms with E-state index in [1.807, 2.05) is 14.1 Å². The Labute approximate surface area is 132 Å². The molecule has 0 bridgehead atoms. The van der Waals surface area contributed by atoms with Crippen molar-refractivity contribution in [2.24, 2.45) is 0 Å². The van der Waals surface area contributed by atoms with Gasteiger partial charge in [0.25, 0.3) is 0 Å². The highest BCUT2D eigenvalue weighted by Gasteiger charge is 2.37. The smallest absolute Gasteiger partial charge is 0.161 e. The molecule has 22 heavy (non-hydrogen) atoms. The summed E-state index contributed by atoms with van der Waals surface area (Å²) in [5.41, 5.74) is 6.67. The summed E-state index contributed by atoms with van der Waals surface area (Å²) in [5, 5.41) is 0. The Morgan fingerprint density at radius 3 is 2.59 bits per heavy atom. The molecule has 2 heteroatoms. The van der Waals surface area contributed by atoms with Crippen LogP contribution in [0.25, 0.3) is 5.57 Å². The molecule has 0 saturated carbocycles. The van der Waals surface area contributed by atoms with Crippen LogP contribution in [-0.2, 0) is 10.2 Å². The van der Waals surface area contributed by atoms with Crippen molar-refractivity contribution in [2.45, 2.75) is 32.6 Å². The van der Waals surface area contributed by atoms with Crippen LogP contribution in [0.3, 0.4) is 0 Å². The molecule has 2 nitrogen and oxygen atoms in total. The van der Waals surface area contributed by atoms with Gasteiger partial charge in [-0.05, 0) is 47.8 Å². The van der Waals surface area contributed by atoms with Crippen molar-refractivity contribution in [2.75, 3.05) is 19.0 Å². The SMILES string of the molecule is CC(=O)C1=C2C=CCC=C2C(C)(C)c2cc(N(C)C)ccc21. The van der Waals surface area contributed by atoms with Gasteiger partial charge >= 0.3 is 0 Å². The second kappa shape index (κ2) is 4.98. The largest absolute Gasteiger partial charge is 0.378 e. The molecule has 0 aromatic heterocycles. The van der Waals surface area contributed by atoms with Crippen LogP contribution < -0.4 is 4.90 Å². The first-order chi connectivity index (χ1) is 10.3. The minimum absolute atomic E-state index is 0.0829. The number of allylic oxidation sites excluding steroid dienone is 6. The van der Waals surface area contributed by atoms with E-state index in [4.69, 9.17) is 0 Å². The normalized spacial score (nSPS) is 18.5. The number of rotatable bonds is 2. The minimum Gasteiger partial charge on any atom is -0.378 e. The third-order valence-electron chi connectivity index (χ3n) is 4.79. The lowest BCUT2D eigenvalue weighted by Gasteiger charge is -2.39. The molecule has 1 aromatic rings. The van der Waals surface area contributed by atoms with Crippen LogP contribution in [0.15, 0.2) is 47.6 Å². The van der Waals surface area contributed by atoms with Gasteiger partial charge < -0.3 is 4.90 Å². The summed E-state index contributed by atoms with van der Waals surface area (Å²) in [7, 11) is 4.10. The number of carbonyl (C=O) groups excluding carboxylic acids is 1. The van der Waals surface area contributed by atoms with E-state index in [1.165, 1.54) is 16.8 Å². The lowest BCUT2D eigenvalue weighted by molar-refractivity contribution is -0.111. The predicted molar refractivity (Wildman–Crippen MR) is 93.2 cm³/mol. The first-order valence-electron chi connectivity index (χ1n) is 7.79. The molecule has 0 amide bonds. The van der Waals surface area contributed by atoms with Gasteiger partial charge in [-0.3, -0.25) is 4.79 Å². The van der Waals surface area contributed by atoms with Gasteiger partial charge in [-0.2, -0.15) is 0 Å². The van der Waals surface area contributed by atoms with E-state index in [2.05, 4.69) is 55.2 Å². The Morgan fingerprint density at radius 2 is 1.95 bits per heavy atom. The third-order valence-corrected chi connectivity index (χ3v) is 4.79. The molecule has 1 aromatic carbocycles. The lowest BCUT2D eigenvalue weighted by Crippen LogP contribution is -2.29. The lowest BCUT2D eigenvalue weighted by atomic mass is 9.65. The van der Waals surface area contributed by atoms with Gasteiger partial charge in [0.05, 0.1) is 0 Å². The summed E-state index contributed by atoms with van der Waals surface area (Å²) in [5.74, 6) is 0.141. The number of benzene rings is 1. The van der Waals surface area contributed by atoms with Crippen molar-refractivity contribution in [3.8, 4) is 0 Å². The van der Waals surface area contributed by atoms with Gasteiger partial charge in [0.2, 0.25) is 0 Å². The quantitative estimate of drug-likeness (QED) is 0.811. The van der Waals surface area contributed by atoms with Crippen LogP contribution in [0.5, 0.6) is 0 Å². The molecule has 0 N–H and O–H groups in total. The summed E-state index contributed by atoms with van der Waals surface area (Å²) >= 11 is 0. The molecule has 0 heterocycles. The van der Waals surface area contributed by atoms with E-state index in [0.29, 0.717) is 0 Å². The van der Waals surface area contributed by atoms with E-state index in [0.717, 1.165) is 23.1 Å². The van der Waals surface area contributed by atoms with Gasteiger partial charge in [-0.1, -0.05) is 38.1 Å². The molecule has 0 saturated heterocycles. The van der Waals surface area contributed by atoms with E-state index in [9.17, 15) is 4.79 Å². The average Bonchev–Trinajstić information content (AvgIpc) is 2.47. The summed E-state index contributed by atoms with van der Waals surface area (Å²) in [6.45, 7) is 6.19. The number of ketones is 1. The summed E-state index contributed by atoms with van der Waals surface area (Å²) in [6.07, 6.45) is 7.47. The maximum absolute atomic E-state index is 12.3. The van der Waals surface area contributed by atoms with E-state index < -0.39 is 0 Å². The topological polar surface area (TPSA) is 20.3 Å². The standard InChI is InChI=1S/C20H23NO/c1-13(22)19-15-8-6-7-9-17(15)20(2,3)18-12-14(21(4)5)10-11-16(18)19/h6,8-12H,7H2,1-5H3. The van der Waals surface area contributed by atoms with Crippen LogP contribution in [0.2, 0.25) is 0 Å². The molecule has 0 atom stereocenters. The zero-order chi connectivity index (χ0) is 16.1. The summed E-state index contributed by atoms with van der Waals surface area (Å²) in [4.78, 5) is 14.4. The van der Waals surface area contributed by atoms with Crippen LogP contribution in [0.1, 0.15) is 38.3 Å². The number of hydrogen-bond donors (Lipinski definition) is 0. The monoisotopic (exact) mass is 293 g/mol. The molecule has 0 fully saturated rings.